The zero-order valence-corrected chi connectivity index (χ0v) is 9.92. The van der Waals surface area contributed by atoms with E-state index >= 15 is 0 Å². The molecule has 2 N–H and O–H groups in total. The zero-order chi connectivity index (χ0) is 12.7. The molecule has 0 spiro atoms. The Labute approximate surface area is 104 Å². The van der Waals surface area contributed by atoms with E-state index < -0.39 is 11.6 Å². The summed E-state index contributed by atoms with van der Waals surface area (Å²) in [5, 5.41) is 0.482. The van der Waals surface area contributed by atoms with Crippen molar-refractivity contribution >= 4 is 16.6 Å². The van der Waals surface area contributed by atoms with Gasteiger partial charge in [0.2, 0.25) is 0 Å². The van der Waals surface area contributed by atoms with Gasteiger partial charge in [-0.3, -0.25) is 0 Å². The maximum absolute atomic E-state index is 13.8. The van der Waals surface area contributed by atoms with Crippen LogP contribution in [-0.4, -0.2) is 4.98 Å². The zero-order valence-electron chi connectivity index (χ0n) is 9.92. The summed E-state index contributed by atoms with van der Waals surface area (Å²) in [5.41, 5.74) is 7.23. The molecule has 94 valence electrons. The van der Waals surface area contributed by atoms with Crippen LogP contribution in [0, 0.1) is 11.6 Å². The predicted octanol–water partition coefficient (Wildman–Crippen LogP) is 3.75. The molecule has 0 radical (unpaired) electrons. The van der Waals surface area contributed by atoms with Crippen molar-refractivity contribution in [2.24, 2.45) is 0 Å². The molecule has 2 nitrogen and oxygen atoms in total. The fourth-order valence-electron chi connectivity index (χ4n) is 2.71. The Morgan fingerprint density at radius 1 is 1.17 bits per heavy atom. The van der Waals surface area contributed by atoms with Crippen molar-refractivity contribution in [1.29, 1.82) is 0 Å². The van der Waals surface area contributed by atoms with E-state index in [0.717, 1.165) is 37.4 Å². The third-order valence-electron chi connectivity index (χ3n) is 3.70. The van der Waals surface area contributed by atoms with Gasteiger partial charge in [-0.1, -0.05) is 12.8 Å². The van der Waals surface area contributed by atoms with Crippen LogP contribution >= 0.6 is 0 Å². The Hall–Kier alpha value is -1.71. The standard InChI is InChI=1S/C14H14F2N2/c15-10-6-5-9-11(17)7-12(8-3-1-2-4-8)18-14(9)13(10)16/h5-8H,1-4H2,(H2,17,18). The van der Waals surface area contributed by atoms with Crippen molar-refractivity contribution in [2.75, 3.05) is 5.73 Å². The number of fused-ring (bicyclic) bond motifs is 1. The van der Waals surface area contributed by atoms with Crippen molar-refractivity contribution in [1.82, 2.24) is 4.98 Å². The average Bonchev–Trinajstić information content (AvgIpc) is 2.88. The first-order chi connectivity index (χ1) is 8.66. The fourth-order valence-corrected chi connectivity index (χ4v) is 2.71. The minimum atomic E-state index is -0.904. The van der Waals surface area contributed by atoms with E-state index in [9.17, 15) is 8.78 Å². The molecule has 1 heterocycles. The third kappa shape index (κ3) is 1.72. The molecule has 0 amide bonds. The highest BCUT2D eigenvalue weighted by Crippen LogP contribution is 2.35. The number of pyridine rings is 1. The van der Waals surface area contributed by atoms with Gasteiger partial charge in [-0.2, -0.15) is 0 Å². The number of halogens is 2. The second kappa shape index (κ2) is 4.19. The number of nitrogen functional groups attached to an aromatic ring is 1. The van der Waals surface area contributed by atoms with Crippen LogP contribution in [0.5, 0.6) is 0 Å². The van der Waals surface area contributed by atoms with Crippen molar-refractivity contribution in [3.05, 3.63) is 35.5 Å². The summed E-state index contributed by atoms with van der Waals surface area (Å²) in [6, 6.07) is 4.37. The molecule has 1 aromatic heterocycles. The van der Waals surface area contributed by atoms with E-state index in [1.165, 1.54) is 6.07 Å². The normalized spacial score (nSPS) is 16.6. The topological polar surface area (TPSA) is 38.9 Å². The lowest BCUT2D eigenvalue weighted by Gasteiger charge is -2.12. The Kier molecular flexibility index (Phi) is 2.65. The van der Waals surface area contributed by atoms with E-state index in [1.54, 1.807) is 6.07 Å². The van der Waals surface area contributed by atoms with Gasteiger partial charge < -0.3 is 5.73 Å². The maximum atomic E-state index is 13.8. The first-order valence-corrected chi connectivity index (χ1v) is 6.21. The number of aromatic nitrogens is 1. The Morgan fingerprint density at radius 2 is 1.89 bits per heavy atom. The molecule has 1 fully saturated rings. The van der Waals surface area contributed by atoms with Crippen LogP contribution in [0.3, 0.4) is 0 Å². The van der Waals surface area contributed by atoms with Gasteiger partial charge in [0.05, 0.1) is 0 Å². The SMILES string of the molecule is Nc1cc(C2CCCC2)nc2c(F)c(F)ccc12. The second-order valence-electron chi connectivity index (χ2n) is 4.88. The summed E-state index contributed by atoms with van der Waals surface area (Å²) < 4.78 is 27.0. The van der Waals surface area contributed by atoms with Crippen LogP contribution in [0.4, 0.5) is 14.5 Å². The maximum Gasteiger partial charge on any atom is 0.185 e. The van der Waals surface area contributed by atoms with Gasteiger partial charge in [-0.05, 0) is 31.0 Å². The number of benzene rings is 1. The molecule has 1 aliphatic rings. The van der Waals surface area contributed by atoms with Crippen molar-refractivity contribution in [2.45, 2.75) is 31.6 Å². The summed E-state index contributed by atoms with van der Waals surface area (Å²) in [5.74, 6) is -1.45. The quantitative estimate of drug-likeness (QED) is 0.834. The van der Waals surface area contributed by atoms with Crippen molar-refractivity contribution in [3.63, 3.8) is 0 Å². The highest BCUT2D eigenvalue weighted by molar-refractivity contribution is 5.90. The first kappa shape index (κ1) is 11.4. The molecule has 18 heavy (non-hydrogen) atoms. The molecule has 0 aliphatic heterocycles. The summed E-state index contributed by atoms with van der Waals surface area (Å²) in [4.78, 5) is 4.28. The third-order valence-corrected chi connectivity index (χ3v) is 3.70. The molecule has 0 unspecified atom stereocenters. The van der Waals surface area contributed by atoms with Crippen LogP contribution in [0.25, 0.3) is 10.9 Å². The molecule has 1 aliphatic carbocycles. The van der Waals surface area contributed by atoms with Crippen LogP contribution in [0.2, 0.25) is 0 Å². The van der Waals surface area contributed by atoms with Crippen LogP contribution in [0.15, 0.2) is 18.2 Å². The van der Waals surface area contributed by atoms with Crippen LogP contribution in [0.1, 0.15) is 37.3 Å². The minimum Gasteiger partial charge on any atom is -0.398 e. The number of nitrogens with two attached hydrogens (primary N) is 1. The van der Waals surface area contributed by atoms with Crippen molar-refractivity contribution in [3.8, 4) is 0 Å². The first-order valence-electron chi connectivity index (χ1n) is 6.21. The minimum absolute atomic E-state index is 0.0527. The fraction of sp³-hybridized carbons (Fsp3) is 0.357. The van der Waals surface area contributed by atoms with E-state index in [0.29, 0.717) is 17.0 Å². The predicted molar refractivity (Wildman–Crippen MR) is 67.3 cm³/mol. The number of hydrogen-bond acceptors (Lipinski definition) is 2. The van der Waals surface area contributed by atoms with Gasteiger partial charge >= 0.3 is 0 Å². The Morgan fingerprint density at radius 3 is 2.61 bits per heavy atom. The number of hydrogen-bond donors (Lipinski definition) is 1. The Bertz CT molecular complexity index is 604. The smallest absolute Gasteiger partial charge is 0.185 e. The molecule has 2 aromatic rings. The van der Waals surface area contributed by atoms with E-state index in [4.69, 9.17) is 5.73 Å². The summed E-state index contributed by atoms with van der Waals surface area (Å²) in [7, 11) is 0. The lowest BCUT2D eigenvalue weighted by Crippen LogP contribution is -2.02. The van der Waals surface area contributed by atoms with Crippen molar-refractivity contribution < 1.29 is 8.78 Å². The van der Waals surface area contributed by atoms with Gasteiger partial charge in [0, 0.05) is 22.7 Å². The van der Waals surface area contributed by atoms with Gasteiger partial charge in [-0.25, -0.2) is 13.8 Å². The van der Waals surface area contributed by atoms with Crippen LogP contribution < -0.4 is 5.73 Å². The molecule has 0 bridgehead atoms. The highest BCUT2D eigenvalue weighted by atomic mass is 19.2. The Balaban J connectivity index is 2.21. The molecule has 4 heteroatoms. The summed E-state index contributed by atoms with van der Waals surface area (Å²) >= 11 is 0. The van der Waals surface area contributed by atoms with E-state index in [-0.39, 0.29) is 5.52 Å². The molecule has 0 saturated heterocycles. The van der Waals surface area contributed by atoms with E-state index in [1.807, 2.05) is 0 Å². The average molecular weight is 248 g/mol. The molecule has 1 aromatic carbocycles. The highest BCUT2D eigenvalue weighted by Gasteiger charge is 2.20. The summed E-state index contributed by atoms with van der Waals surface area (Å²) in [6.45, 7) is 0. The van der Waals surface area contributed by atoms with Gasteiger partial charge in [0.1, 0.15) is 5.52 Å². The van der Waals surface area contributed by atoms with Gasteiger partial charge in [-0.15, -0.1) is 0 Å². The number of anilines is 1. The van der Waals surface area contributed by atoms with E-state index in [2.05, 4.69) is 4.98 Å². The number of nitrogens with zero attached hydrogens (tertiary/aromatic N) is 1. The van der Waals surface area contributed by atoms with Gasteiger partial charge in [0.15, 0.2) is 11.6 Å². The number of rotatable bonds is 1. The largest absolute Gasteiger partial charge is 0.398 e. The van der Waals surface area contributed by atoms with Gasteiger partial charge in [0.25, 0.3) is 0 Å². The molecule has 1 saturated carbocycles. The second-order valence-corrected chi connectivity index (χ2v) is 4.88. The lowest BCUT2D eigenvalue weighted by molar-refractivity contribution is 0.515. The molecular formula is C14H14F2N2. The lowest BCUT2D eigenvalue weighted by atomic mass is 10.0. The van der Waals surface area contributed by atoms with Crippen LogP contribution in [-0.2, 0) is 0 Å². The monoisotopic (exact) mass is 248 g/mol. The molecule has 3 rings (SSSR count). The molecular weight excluding hydrogens is 234 g/mol. The summed E-state index contributed by atoms with van der Waals surface area (Å²) in [6.07, 6.45) is 4.43. The molecule has 0 atom stereocenters.